The van der Waals surface area contributed by atoms with Gasteiger partial charge in [-0.05, 0) is 48.0 Å². The smallest absolute Gasteiger partial charge is 0.257 e. The highest BCUT2D eigenvalue weighted by atomic mass is 16.5. The zero-order valence-corrected chi connectivity index (χ0v) is 13.6. The molecule has 0 atom stereocenters. The first-order valence-corrected chi connectivity index (χ1v) is 7.42. The molecule has 0 radical (unpaired) electrons. The van der Waals surface area contributed by atoms with Gasteiger partial charge in [-0.3, -0.25) is 9.59 Å². The van der Waals surface area contributed by atoms with Crippen molar-refractivity contribution < 1.29 is 19.1 Å². The third-order valence-electron chi connectivity index (χ3n) is 3.33. The second-order valence-corrected chi connectivity index (χ2v) is 4.96. The lowest BCUT2D eigenvalue weighted by Gasteiger charge is -2.05. The Balaban J connectivity index is 1.96. The fourth-order valence-corrected chi connectivity index (χ4v) is 1.92. The van der Waals surface area contributed by atoms with E-state index in [-0.39, 0.29) is 18.3 Å². The SMILES string of the molecule is CNC(=O)COc1ccc(C(=O)/C=C/c2ccc(OC)cc2)cc1. The van der Waals surface area contributed by atoms with Crippen LogP contribution in [0.5, 0.6) is 11.5 Å². The Morgan fingerprint density at radius 3 is 2.21 bits per heavy atom. The van der Waals surface area contributed by atoms with Crippen molar-refractivity contribution in [3.63, 3.8) is 0 Å². The maximum absolute atomic E-state index is 12.1. The summed E-state index contributed by atoms with van der Waals surface area (Å²) in [4.78, 5) is 23.3. The number of hydrogen-bond donors (Lipinski definition) is 1. The molecular weight excluding hydrogens is 306 g/mol. The lowest BCUT2D eigenvalue weighted by molar-refractivity contribution is -0.122. The third-order valence-corrected chi connectivity index (χ3v) is 3.33. The second kappa shape index (κ2) is 8.53. The monoisotopic (exact) mass is 325 g/mol. The van der Waals surface area contributed by atoms with Crippen molar-refractivity contribution in [2.24, 2.45) is 0 Å². The van der Waals surface area contributed by atoms with Crippen LogP contribution < -0.4 is 14.8 Å². The lowest BCUT2D eigenvalue weighted by atomic mass is 10.1. The first-order valence-electron chi connectivity index (χ1n) is 7.42. The van der Waals surface area contributed by atoms with E-state index in [1.807, 2.05) is 24.3 Å². The maximum Gasteiger partial charge on any atom is 0.257 e. The Morgan fingerprint density at radius 2 is 1.62 bits per heavy atom. The van der Waals surface area contributed by atoms with E-state index in [0.29, 0.717) is 11.3 Å². The molecule has 24 heavy (non-hydrogen) atoms. The molecule has 0 heterocycles. The summed E-state index contributed by atoms with van der Waals surface area (Å²) in [5.74, 6) is 0.987. The molecule has 2 rings (SSSR count). The molecule has 0 bridgehead atoms. The van der Waals surface area contributed by atoms with E-state index >= 15 is 0 Å². The van der Waals surface area contributed by atoms with Gasteiger partial charge in [0, 0.05) is 12.6 Å². The molecule has 2 aromatic rings. The lowest BCUT2D eigenvalue weighted by Crippen LogP contribution is -2.24. The summed E-state index contributed by atoms with van der Waals surface area (Å²) in [6.45, 7) is -0.0544. The summed E-state index contributed by atoms with van der Waals surface area (Å²) >= 11 is 0. The Bertz CT molecular complexity index is 718. The number of ether oxygens (including phenoxy) is 2. The number of nitrogens with one attached hydrogen (secondary N) is 1. The number of carbonyl (C=O) groups is 2. The molecule has 0 spiro atoms. The normalized spacial score (nSPS) is 10.4. The van der Waals surface area contributed by atoms with Crippen molar-refractivity contribution in [3.05, 3.63) is 65.7 Å². The van der Waals surface area contributed by atoms with Crippen LogP contribution in [0.25, 0.3) is 6.08 Å². The van der Waals surface area contributed by atoms with E-state index in [1.54, 1.807) is 44.5 Å². The zero-order chi connectivity index (χ0) is 17.4. The highest BCUT2D eigenvalue weighted by Crippen LogP contribution is 2.15. The number of ketones is 1. The van der Waals surface area contributed by atoms with Gasteiger partial charge >= 0.3 is 0 Å². The van der Waals surface area contributed by atoms with E-state index in [2.05, 4.69) is 5.32 Å². The van der Waals surface area contributed by atoms with Gasteiger partial charge in [0.1, 0.15) is 11.5 Å². The molecule has 1 amide bonds. The van der Waals surface area contributed by atoms with Crippen LogP contribution in [-0.4, -0.2) is 32.5 Å². The number of benzene rings is 2. The summed E-state index contributed by atoms with van der Waals surface area (Å²) in [6.07, 6.45) is 3.26. The Kier molecular flexibility index (Phi) is 6.14. The Morgan fingerprint density at radius 1 is 1.00 bits per heavy atom. The minimum absolute atomic E-state index is 0.0544. The first kappa shape index (κ1) is 17.3. The van der Waals surface area contributed by atoms with Crippen molar-refractivity contribution in [3.8, 4) is 11.5 Å². The fourth-order valence-electron chi connectivity index (χ4n) is 1.92. The molecule has 0 fully saturated rings. The zero-order valence-electron chi connectivity index (χ0n) is 13.6. The van der Waals surface area contributed by atoms with E-state index in [9.17, 15) is 9.59 Å². The van der Waals surface area contributed by atoms with Crippen molar-refractivity contribution >= 4 is 17.8 Å². The molecular formula is C19H19NO4. The molecule has 0 aliphatic heterocycles. The summed E-state index contributed by atoms with van der Waals surface area (Å²) in [6, 6.07) is 14.1. The average molecular weight is 325 g/mol. The van der Waals surface area contributed by atoms with Crippen molar-refractivity contribution in [2.75, 3.05) is 20.8 Å². The number of hydrogen-bond acceptors (Lipinski definition) is 4. The standard InChI is InChI=1S/C19H19NO4/c1-20-19(22)13-24-17-10-6-15(7-11-17)18(21)12-5-14-3-8-16(23-2)9-4-14/h3-12H,13H2,1-2H3,(H,20,22)/b12-5+. The van der Waals surface area contributed by atoms with Gasteiger partial charge in [0.25, 0.3) is 5.91 Å². The highest BCUT2D eigenvalue weighted by molar-refractivity contribution is 6.06. The number of amides is 1. The predicted octanol–water partition coefficient (Wildman–Crippen LogP) is 2.72. The van der Waals surface area contributed by atoms with Gasteiger partial charge in [-0.2, -0.15) is 0 Å². The third kappa shape index (κ3) is 4.98. The number of allylic oxidation sites excluding steroid dienone is 1. The van der Waals surface area contributed by atoms with Crippen molar-refractivity contribution in [1.82, 2.24) is 5.32 Å². The molecule has 5 nitrogen and oxygen atoms in total. The van der Waals surface area contributed by atoms with Gasteiger partial charge in [0.15, 0.2) is 12.4 Å². The minimum Gasteiger partial charge on any atom is -0.497 e. The van der Waals surface area contributed by atoms with Crippen LogP contribution in [0.3, 0.4) is 0 Å². The predicted molar refractivity (Wildman–Crippen MR) is 92.4 cm³/mol. The van der Waals surface area contributed by atoms with Gasteiger partial charge < -0.3 is 14.8 Å². The topological polar surface area (TPSA) is 64.6 Å². The largest absolute Gasteiger partial charge is 0.497 e. The van der Waals surface area contributed by atoms with E-state index < -0.39 is 0 Å². The second-order valence-electron chi connectivity index (χ2n) is 4.96. The van der Waals surface area contributed by atoms with Crippen LogP contribution in [0, 0.1) is 0 Å². The van der Waals surface area contributed by atoms with Crippen LogP contribution in [0.2, 0.25) is 0 Å². The highest BCUT2D eigenvalue weighted by Gasteiger charge is 2.04. The van der Waals surface area contributed by atoms with Crippen LogP contribution in [0.4, 0.5) is 0 Å². The molecule has 0 saturated heterocycles. The molecule has 1 N–H and O–H groups in total. The van der Waals surface area contributed by atoms with Crippen LogP contribution in [0.1, 0.15) is 15.9 Å². The Hall–Kier alpha value is -3.08. The van der Waals surface area contributed by atoms with Crippen LogP contribution in [-0.2, 0) is 4.79 Å². The van der Waals surface area contributed by atoms with Gasteiger partial charge in [0.05, 0.1) is 7.11 Å². The quantitative estimate of drug-likeness (QED) is 0.628. The average Bonchev–Trinajstić information content (AvgIpc) is 2.64. The molecule has 2 aromatic carbocycles. The maximum atomic E-state index is 12.1. The van der Waals surface area contributed by atoms with Crippen LogP contribution >= 0.6 is 0 Å². The summed E-state index contributed by atoms with van der Waals surface area (Å²) < 4.78 is 10.4. The van der Waals surface area contributed by atoms with Crippen LogP contribution in [0.15, 0.2) is 54.6 Å². The van der Waals surface area contributed by atoms with E-state index in [4.69, 9.17) is 9.47 Å². The van der Waals surface area contributed by atoms with Gasteiger partial charge in [-0.25, -0.2) is 0 Å². The number of likely N-dealkylation sites (N-methyl/N-ethyl adjacent to an activating group) is 1. The molecule has 124 valence electrons. The summed E-state index contributed by atoms with van der Waals surface area (Å²) in [5.41, 5.74) is 1.46. The van der Waals surface area contributed by atoms with Crippen molar-refractivity contribution in [1.29, 1.82) is 0 Å². The molecule has 0 aliphatic carbocycles. The summed E-state index contributed by atoms with van der Waals surface area (Å²) in [5, 5.41) is 2.47. The van der Waals surface area contributed by atoms with Gasteiger partial charge in [-0.15, -0.1) is 0 Å². The van der Waals surface area contributed by atoms with E-state index in [0.717, 1.165) is 11.3 Å². The molecule has 0 unspecified atom stereocenters. The Labute approximate surface area is 140 Å². The first-order chi connectivity index (χ1) is 11.6. The molecule has 0 saturated carbocycles. The van der Waals surface area contributed by atoms with Crippen molar-refractivity contribution in [2.45, 2.75) is 0 Å². The van der Waals surface area contributed by atoms with Gasteiger partial charge in [0.2, 0.25) is 0 Å². The van der Waals surface area contributed by atoms with E-state index in [1.165, 1.54) is 6.08 Å². The minimum atomic E-state index is -0.211. The fraction of sp³-hybridized carbons (Fsp3) is 0.158. The number of rotatable bonds is 7. The molecule has 0 aromatic heterocycles. The molecule has 5 heteroatoms. The number of carbonyl (C=O) groups excluding carboxylic acids is 2. The summed E-state index contributed by atoms with van der Waals surface area (Å²) in [7, 11) is 3.15. The number of methoxy groups -OCH3 is 1. The molecule has 0 aliphatic rings. The van der Waals surface area contributed by atoms with Gasteiger partial charge in [-0.1, -0.05) is 18.2 Å².